The summed E-state index contributed by atoms with van der Waals surface area (Å²) in [5.41, 5.74) is 8.16. The number of nitrogens with two attached hydrogens (primary N) is 1. The van der Waals surface area contributed by atoms with E-state index in [0.717, 1.165) is 56.5 Å². The number of hydrogen-bond donors (Lipinski definition) is 1. The van der Waals surface area contributed by atoms with Gasteiger partial charge in [-0.25, -0.2) is 9.97 Å². The Bertz CT molecular complexity index is 1110. The van der Waals surface area contributed by atoms with Crippen molar-refractivity contribution in [1.29, 1.82) is 0 Å². The van der Waals surface area contributed by atoms with Crippen LogP contribution < -0.4 is 20.1 Å². The van der Waals surface area contributed by atoms with E-state index in [1.54, 1.807) is 6.20 Å². The molecule has 0 amide bonds. The molecule has 7 nitrogen and oxygen atoms in total. The molecule has 1 saturated heterocycles. The van der Waals surface area contributed by atoms with Gasteiger partial charge in [0.15, 0.2) is 5.82 Å². The van der Waals surface area contributed by atoms with Crippen molar-refractivity contribution in [1.82, 2.24) is 9.97 Å². The van der Waals surface area contributed by atoms with Gasteiger partial charge < -0.3 is 24.8 Å². The molecule has 2 N–H and O–H groups in total. The molecule has 3 aromatic rings. The topological polar surface area (TPSA) is 82.7 Å². The molecule has 1 aliphatic heterocycles. The molecule has 0 bridgehead atoms. The number of aromatic nitrogens is 2. The summed E-state index contributed by atoms with van der Waals surface area (Å²) in [6, 6.07) is 18.9. The fourth-order valence-corrected chi connectivity index (χ4v) is 4.55. The molecule has 184 valence electrons. The normalized spacial score (nSPS) is 20.3. The van der Waals surface area contributed by atoms with Crippen LogP contribution in [0, 0.1) is 0 Å². The van der Waals surface area contributed by atoms with Gasteiger partial charge >= 0.3 is 0 Å². The van der Waals surface area contributed by atoms with Crippen LogP contribution in [0.3, 0.4) is 0 Å². The molecule has 0 radical (unpaired) electrons. The van der Waals surface area contributed by atoms with Gasteiger partial charge in [-0.05, 0) is 54.3 Å². The summed E-state index contributed by atoms with van der Waals surface area (Å²) in [6.07, 6.45) is 3.92. The maximum Gasteiger partial charge on any atom is 0.168 e. The number of ether oxygens (including phenoxy) is 3. The molecule has 0 spiro atoms. The van der Waals surface area contributed by atoms with Gasteiger partial charge in [0.25, 0.3) is 0 Å². The first-order valence-electron chi connectivity index (χ1n) is 12.4. The minimum absolute atomic E-state index is 0.147. The second-order valence-electron chi connectivity index (χ2n) is 9.86. The van der Waals surface area contributed by atoms with E-state index in [-0.39, 0.29) is 17.6 Å². The predicted molar refractivity (Wildman–Crippen MR) is 136 cm³/mol. The average Bonchev–Trinajstić information content (AvgIpc) is 2.88. The second-order valence-corrected chi connectivity index (χ2v) is 9.86. The third kappa shape index (κ3) is 5.57. The van der Waals surface area contributed by atoms with Crippen LogP contribution in [0.25, 0.3) is 0 Å². The standard InChI is InChI=1S/C28H34N4O3/c1-28(2,21-5-9-24(10-6-21)35-25-17-22(29)18-25)20-3-7-23(8-4-20)34-19-26-30-12-11-27(31-26)32-13-15-33-16-14-32/h3-12,22,25H,13-19,29H2,1-2H3. The van der Waals surface area contributed by atoms with Crippen LogP contribution in [-0.4, -0.2) is 48.4 Å². The Balaban J connectivity index is 1.19. The summed E-state index contributed by atoms with van der Waals surface area (Å²) in [5, 5.41) is 0. The molecule has 1 aromatic heterocycles. The van der Waals surface area contributed by atoms with Crippen LogP contribution in [0.15, 0.2) is 60.8 Å². The van der Waals surface area contributed by atoms with Gasteiger partial charge in [-0.3, -0.25) is 0 Å². The minimum atomic E-state index is -0.147. The molecule has 0 unspecified atom stereocenters. The summed E-state index contributed by atoms with van der Waals surface area (Å²) in [4.78, 5) is 11.3. The van der Waals surface area contributed by atoms with Crippen molar-refractivity contribution in [3.63, 3.8) is 0 Å². The highest BCUT2D eigenvalue weighted by Crippen LogP contribution is 2.34. The van der Waals surface area contributed by atoms with Crippen LogP contribution in [-0.2, 0) is 16.8 Å². The van der Waals surface area contributed by atoms with Gasteiger partial charge in [0.2, 0.25) is 0 Å². The van der Waals surface area contributed by atoms with E-state index in [2.05, 4.69) is 65.1 Å². The molecule has 35 heavy (non-hydrogen) atoms. The van der Waals surface area contributed by atoms with E-state index in [1.807, 2.05) is 18.2 Å². The van der Waals surface area contributed by atoms with Crippen molar-refractivity contribution < 1.29 is 14.2 Å². The Morgan fingerprint density at radius 3 is 2.20 bits per heavy atom. The van der Waals surface area contributed by atoms with Crippen LogP contribution in [0.1, 0.15) is 43.6 Å². The minimum Gasteiger partial charge on any atom is -0.490 e. The van der Waals surface area contributed by atoms with Gasteiger partial charge in [0.05, 0.1) is 13.2 Å². The Morgan fingerprint density at radius 2 is 1.57 bits per heavy atom. The molecule has 2 aromatic carbocycles. The molecule has 1 aliphatic carbocycles. The highest BCUT2D eigenvalue weighted by atomic mass is 16.5. The predicted octanol–water partition coefficient (Wildman–Crippen LogP) is 4.09. The maximum atomic E-state index is 6.00. The first-order valence-corrected chi connectivity index (χ1v) is 12.4. The van der Waals surface area contributed by atoms with Crippen molar-refractivity contribution in [2.45, 2.75) is 50.9 Å². The third-order valence-electron chi connectivity index (χ3n) is 6.98. The fourth-order valence-electron chi connectivity index (χ4n) is 4.55. The van der Waals surface area contributed by atoms with Crippen LogP contribution in [0.2, 0.25) is 0 Å². The van der Waals surface area contributed by atoms with E-state index < -0.39 is 0 Å². The number of benzene rings is 2. The summed E-state index contributed by atoms with van der Waals surface area (Å²) >= 11 is 0. The van der Waals surface area contributed by atoms with E-state index in [4.69, 9.17) is 19.9 Å². The number of anilines is 1. The molecule has 7 heteroatoms. The molecule has 2 aliphatic rings. The maximum absolute atomic E-state index is 6.00. The third-order valence-corrected chi connectivity index (χ3v) is 6.98. The van der Waals surface area contributed by atoms with Crippen molar-refractivity contribution in [2.75, 3.05) is 31.2 Å². The number of nitrogens with zero attached hydrogens (tertiary/aromatic N) is 3. The van der Waals surface area contributed by atoms with Gasteiger partial charge in [0, 0.05) is 30.7 Å². The summed E-state index contributed by atoms with van der Waals surface area (Å²) in [5.74, 6) is 3.30. The van der Waals surface area contributed by atoms with E-state index >= 15 is 0 Å². The van der Waals surface area contributed by atoms with Crippen molar-refractivity contribution >= 4 is 5.82 Å². The zero-order chi connectivity index (χ0) is 24.3. The Morgan fingerprint density at radius 1 is 0.943 bits per heavy atom. The van der Waals surface area contributed by atoms with E-state index in [9.17, 15) is 0 Å². The number of rotatable bonds is 8. The van der Waals surface area contributed by atoms with Crippen LogP contribution in [0.5, 0.6) is 11.5 Å². The summed E-state index contributed by atoms with van der Waals surface area (Å²) < 4.78 is 17.4. The molecule has 1 saturated carbocycles. The monoisotopic (exact) mass is 474 g/mol. The molecule has 2 heterocycles. The smallest absolute Gasteiger partial charge is 0.168 e. The first-order chi connectivity index (χ1) is 17.0. The quantitative estimate of drug-likeness (QED) is 0.527. The number of morpholine rings is 1. The summed E-state index contributed by atoms with van der Waals surface area (Å²) in [6.45, 7) is 7.94. The molecular formula is C28H34N4O3. The van der Waals surface area contributed by atoms with Crippen molar-refractivity contribution in [3.8, 4) is 11.5 Å². The van der Waals surface area contributed by atoms with Gasteiger partial charge in [-0.15, -0.1) is 0 Å². The SMILES string of the molecule is CC(C)(c1ccc(OCc2nccc(N3CCOCC3)n2)cc1)c1ccc(OC2CC(N)C2)cc1. The lowest BCUT2D eigenvalue weighted by Crippen LogP contribution is -2.43. The second kappa shape index (κ2) is 10.2. The van der Waals surface area contributed by atoms with Gasteiger partial charge in [-0.2, -0.15) is 0 Å². The highest BCUT2D eigenvalue weighted by Gasteiger charge is 2.28. The molecule has 0 atom stereocenters. The zero-order valence-corrected chi connectivity index (χ0v) is 20.5. The van der Waals surface area contributed by atoms with Crippen molar-refractivity contribution in [3.05, 3.63) is 77.7 Å². The Hall–Kier alpha value is -3.16. The first kappa shape index (κ1) is 23.6. The van der Waals surface area contributed by atoms with E-state index in [0.29, 0.717) is 12.4 Å². The summed E-state index contributed by atoms with van der Waals surface area (Å²) in [7, 11) is 0. The van der Waals surface area contributed by atoms with Crippen LogP contribution >= 0.6 is 0 Å². The van der Waals surface area contributed by atoms with Gasteiger partial charge in [-0.1, -0.05) is 38.1 Å². The lowest BCUT2D eigenvalue weighted by Gasteiger charge is -2.33. The lowest BCUT2D eigenvalue weighted by atomic mass is 9.78. The van der Waals surface area contributed by atoms with Crippen LogP contribution in [0.4, 0.5) is 5.82 Å². The van der Waals surface area contributed by atoms with E-state index in [1.165, 1.54) is 11.1 Å². The lowest BCUT2D eigenvalue weighted by molar-refractivity contribution is 0.101. The van der Waals surface area contributed by atoms with Crippen molar-refractivity contribution in [2.24, 2.45) is 5.73 Å². The average molecular weight is 475 g/mol. The Kier molecular flexibility index (Phi) is 6.88. The highest BCUT2D eigenvalue weighted by molar-refractivity contribution is 5.42. The zero-order valence-electron chi connectivity index (χ0n) is 20.5. The fraction of sp³-hybridized carbons (Fsp3) is 0.429. The molecule has 5 rings (SSSR count). The Labute approximate surface area is 207 Å². The largest absolute Gasteiger partial charge is 0.490 e. The molecular weight excluding hydrogens is 440 g/mol. The van der Waals surface area contributed by atoms with Gasteiger partial charge in [0.1, 0.15) is 30.0 Å². The number of hydrogen-bond acceptors (Lipinski definition) is 7. The molecule has 2 fully saturated rings.